The van der Waals surface area contributed by atoms with Crippen LogP contribution in [0.3, 0.4) is 0 Å². The molecule has 1 heterocycles. The van der Waals surface area contributed by atoms with Crippen LogP contribution in [0.2, 0.25) is 0 Å². The summed E-state index contributed by atoms with van der Waals surface area (Å²) in [5.41, 5.74) is 0.780. The van der Waals surface area contributed by atoms with Crippen molar-refractivity contribution < 1.29 is 15.0 Å². The molecule has 0 saturated heterocycles. The van der Waals surface area contributed by atoms with Gasteiger partial charge < -0.3 is 15.5 Å². The number of aromatic amines is 1. The lowest BCUT2D eigenvalue weighted by atomic mass is 10.00. The van der Waals surface area contributed by atoms with E-state index < -0.39 is 0 Å². The van der Waals surface area contributed by atoms with E-state index in [2.05, 4.69) is 15.5 Å². The fourth-order valence-electron chi connectivity index (χ4n) is 1.72. The van der Waals surface area contributed by atoms with Crippen LogP contribution in [0.15, 0.2) is 30.5 Å². The maximum absolute atomic E-state index is 11.9. The second-order valence-corrected chi connectivity index (χ2v) is 4.39. The summed E-state index contributed by atoms with van der Waals surface area (Å²) in [5.74, 6) is -0.216. The lowest BCUT2D eigenvalue weighted by Gasteiger charge is -2.11. The van der Waals surface area contributed by atoms with Crippen LogP contribution < -0.4 is 5.32 Å². The van der Waals surface area contributed by atoms with E-state index in [0.29, 0.717) is 12.2 Å². The number of hydrogen-bond acceptors (Lipinski definition) is 4. The van der Waals surface area contributed by atoms with E-state index in [-0.39, 0.29) is 23.3 Å². The predicted octanol–water partition coefficient (Wildman–Crippen LogP) is 1.64. The Bertz CT molecular complexity index is 567. The Morgan fingerprint density at radius 2 is 2.16 bits per heavy atom. The maximum atomic E-state index is 11.9. The first kappa shape index (κ1) is 12.9. The topological polar surface area (TPSA) is 98.2 Å². The molecule has 1 aromatic heterocycles. The smallest absolute Gasteiger partial charge is 0.228 e. The molecule has 0 radical (unpaired) electrons. The number of H-pyrrole nitrogens is 1. The normalized spacial score (nSPS) is 12.1. The molecule has 0 aliphatic rings. The van der Waals surface area contributed by atoms with Gasteiger partial charge in [0.25, 0.3) is 0 Å². The Balaban J connectivity index is 1.98. The molecule has 100 valence electrons. The van der Waals surface area contributed by atoms with Crippen molar-refractivity contribution in [3.63, 3.8) is 0 Å². The molecular weight excluding hydrogens is 246 g/mol. The van der Waals surface area contributed by atoms with E-state index in [1.807, 2.05) is 0 Å². The van der Waals surface area contributed by atoms with Crippen molar-refractivity contribution in [2.45, 2.75) is 13.3 Å². The molecule has 1 unspecified atom stereocenters. The van der Waals surface area contributed by atoms with E-state index >= 15 is 0 Å². The number of nitrogens with one attached hydrogen (secondary N) is 2. The Morgan fingerprint density at radius 1 is 1.37 bits per heavy atom. The van der Waals surface area contributed by atoms with Crippen LogP contribution in [0.1, 0.15) is 12.5 Å². The summed E-state index contributed by atoms with van der Waals surface area (Å²) in [6, 6.07) is 6.20. The number of hydrogen-bond donors (Lipinski definition) is 4. The van der Waals surface area contributed by atoms with Gasteiger partial charge in [-0.3, -0.25) is 9.89 Å². The summed E-state index contributed by atoms with van der Waals surface area (Å²) in [7, 11) is 0. The molecular formula is C13H15N3O3. The van der Waals surface area contributed by atoms with Crippen molar-refractivity contribution in [1.29, 1.82) is 0 Å². The first-order valence-electron chi connectivity index (χ1n) is 5.87. The molecule has 2 rings (SSSR count). The number of phenolic OH excluding ortho intramolecular Hbond substituents is 2. The highest BCUT2D eigenvalue weighted by Crippen LogP contribution is 2.26. The van der Waals surface area contributed by atoms with Crippen LogP contribution in [0.5, 0.6) is 11.5 Å². The molecule has 0 fully saturated rings. The molecule has 0 bridgehead atoms. The van der Waals surface area contributed by atoms with Gasteiger partial charge in [0, 0.05) is 12.0 Å². The highest BCUT2D eigenvalue weighted by Gasteiger charge is 2.15. The minimum absolute atomic E-state index is 0.142. The van der Waals surface area contributed by atoms with Gasteiger partial charge in [-0.15, -0.1) is 0 Å². The van der Waals surface area contributed by atoms with Crippen LogP contribution in [0.4, 0.5) is 5.82 Å². The number of carbonyl (C=O) groups is 1. The number of benzene rings is 1. The number of carbonyl (C=O) groups excluding carboxylic acids is 1. The standard InChI is InChI=1S/C13H15N3O3/c1-8(13(19)15-12-4-5-14-16-12)6-9-2-3-10(17)11(18)7-9/h2-5,7-8,17-18H,6H2,1H3,(H2,14,15,16,19). The Morgan fingerprint density at radius 3 is 2.79 bits per heavy atom. The molecule has 0 spiro atoms. The first-order valence-corrected chi connectivity index (χ1v) is 5.87. The monoisotopic (exact) mass is 261 g/mol. The number of amides is 1. The van der Waals surface area contributed by atoms with Gasteiger partial charge in [0.2, 0.25) is 5.91 Å². The second-order valence-electron chi connectivity index (χ2n) is 4.39. The zero-order valence-electron chi connectivity index (χ0n) is 10.4. The average Bonchev–Trinajstić information content (AvgIpc) is 2.86. The van der Waals surface area contributed by atoms with Crippen molar-refractivity contribution >= 4 is 11.7 Å². The minimum atomic E-state index is -0.271. The van der Waals surface area contributed by atoms with Crippen LogP contribution in [0, 0.1) is 5.92 Å². The van der Waals surface area contributed by atoms with Gasteiger partial charge in [-0.05, 0) is 24.1 Å². The van der Waals surface area contributed by atoms with Gasteiger partial charge in [-0.25, -0.2) is 0 Å². The summed E-state index contributed by atoms with van der Waals surface area (Å²) in [6.45, 7) is 1.79. The molecule has 4 N–H and O–H groups in total. The van der Waals surface area contributed by atoms with Crippen LogP contribution in [-0.2, 0) is 11.2 Å². The number of aromatic nitrogens is 2. The molecule has 2 aromatic rings. The Kier molecular flexibility index (Phi) is 3.70. The van der Waals surface area contributed by atoms with Crippen LogP contribution in [-0.4, -0.2) is 26.3 Å². The highest BCUT2D eigenvalue weighted by molar-refractivity contribution is 5.91. The summed E-state index contributed by atoms with van der Waals surface area (Å²) in [5, 5.41) is 27.7. The quantitative estimate of drug-likeness (QED) is 0.629. The third kappa shape index (κ3) is 3.25. The van der Waals surface area contributed by atoms with Crippen LogP contribution >= 0.6 is 0 Å². The number of phenols is 2. The third-order valence-corrected chi connectivity index (χ3v) is 2.79. The molecule has 0 saturated carbocycles. The molecule has 0 aliphatic carbocycles. The van der Waals surface area contributed by atoms with Gasteiger partial charge in [0.05, 0.1) is 6.20 Å². The van der Waals surface area contributed by atoms with Crippen molar-refractivity contribution in [2.24, 2.45) is 5.92 Å². The largest absolute Gasteiger partial charge is 0.504 e. The zero-order valence-corrected chi connectivity index (χ0v) is 10.4. The number of rotatable bonds is 4. The summed E-state index contributed by atoms with van der Waals surface area (Å²) in [6.07, 6.45) is 2.02. The van der Waals surface area contributed by atoms with Gasteiger partial charge in [0.15, 0.2) is 11.5 Å². The van der Waals surface area contributed by atoms with Crippen molar-refractivity contribution in [1.82, 2.24) is 10.2 Å². The van der Waals surface area contributed by atoms with Gasteiger partial charge >= 0.3 is 0 Å². The SMILES string of the molecule is CC(Cc1ccc(O)c(O)c1)C(=O)Nc1ccn[nH]1. The van der Waals surface area contributed by atoms with E-state index in [1.165, 1.54) is 12.1 Å². The predicted molar refractivity (Wildman–Crippen MR) is 69.9 cm³/mol. The summed E-state index contributed by atoms with van der Waals surface area (Å²) < 4.78 is 0. The molecule has 0 aliphatic heterocycles. The second kappa shape index (κ2) is 5.43. The molecule has 19 heavy (non-hydrogen) atoms. The lowest BCUT2D eigenvalue weighted by Crippen LogP contribution is -2.22. The number of aromatic hydroxyl groups is 2. The molecule has 6 heteroatoms. The molecule has 1 aromatic carbocycles. The van der Waals surface area contributed by atoms with Crippen molar-refractivity contribution in [2.75, 3.05) is 5.32 Å². The van der Waals surface area contributed by atoms with E-state index in [9.17, 15) is 15.0 Å². The third-order valence-electron chi connectivity index (χ3n) is 2.79. The van der Waals surface area contributed by atoms with Gasteiger partial charge in [-0.1, -0.05) is 13.0 Å². The molecule has 6 nitrogen and oxygen atoms in total. The van der Waals surface area contributed by atoms with Gasteiger partial charge in [0.1, 0.15) is 5.82 Å². The highest BCUT2D eigenvalue weighted by atomic mass is 16.3. The van der Waals surface area contributed by atoms with Crippen LogP contribution in [0.25, 0.3) is 0 Å². The fourth-order valence-corrected chi connectivity index (χ4v) is 1.72. The van der Waals surface area contributed by atoms with Crippen molar-refractivity contribution in [3.8, 4) is 11.5 Å². The summed E-state index contributed by atoms with van der Waals surface area (Å²) >= 11 is 0. The number of anilines is 1. The molecule has 1 atom stereocenters. The Hall–Kier alpha value is -2.50. The minimum Gasteiger partial charge on any atom is -0.504 e. The summed E-state index contributed by atoms with van der Waals surface area (Å²) in [4.78, 5) is 11.9. The Labute approximate surface area is 110 Å². The average molecular weight is 261 g/mol. The van der Waals surface area contributed by atoms with E-state index in [0.717, 1.165) is 5.56 Å². The number of nitrogens with zero attached hydrogens (tertiary/aromatic N) is 1. The molecule has 1 amide bonds. The maximum Gasteiger partial charge on any atom is 0.228 e. The van der Waals surface area contributed by atoms with E-state index in [4.69, 9.17) is 0 Å². The first-order chi connectivity index (χ1) is 9.06. The van der Waals surface area contributed by atoms with Gasteiger partial charge in [-0.2, -0.15) is 5.10 Å². The zero-order chi connectivity index (χ0) is 13.8. The van der Waals surface area contributed by atoms with E-state index in [1.54, 1.807) is 25.3 Å². The fraction of sp³-hybridized carbons (Fsp3) is 0.231. The lowest BCUT2D eigenvalue weighted by molar-refractivity contribution is -0.119. The van der Waals surface area contributed by atoms with Crippen molar-refractivity contribution in [3.05, 3.63) is 36.0 Å².